The standard InChI is InChI=1S/C16H16FN3O/c1-10(12-6-13(17)9-18-8-12)19-14-3-4-15-11(7-14)2-5-16(21)20-15/h3-4,6-10,19H,2,5H2,1H3,(H,20,21). The minimum atomic E-state index is -0.339. The predicted octanol–water partition coefficient (Wildman–Crippen LogP) is 3.28. The van der Waals surface area contributed by atoms with E-state index in [0.29, 0.717) is 6.42 Å². The van der Waals surface area contributed by atoms with Crippen LogP contribution in [0.2, 0.25) is 0 Å². The first-order valence-electron chi connectivity index (χ1n) is 6.91. The summed E-state index contributed by atoms with van der Waals surface area (Å²) in [6.07, 6.45) is 4.10. The maximum absolute atomic E-state index is 13.2. The van der Waals surface area contributed by atoms with Gasteiger partial charge in [0.1, 0.15) is 5.82 Å². The summed E-state index contributed by atoms with van der Waals surface area (Å²) in [5.74, 6) is -0.281. The lowest BCUT2D eigenvalue weighted by Gasteiger charge is -2.20. The highest BCUT2D eigenvalue weighted by atomic mass is 19.1. The van der Waals surface area contributed by atoms with Crippen LogP contribution in [0.15, 0.2) is 36.7 Å². The van der Waals surface area contributed by atoms with Crippen molar-refractivity contribution in [1.29, 1.82) is 0 Å². The summed E-state index contributed by atoms with van der Waals surface area (Å²) in [7, 11) is 0. The van der Waals surface area contributed by atoms with E-state index in [-0.39, 0.29) is 17.8 Å². The number of carbonyl (C=O) groups is 1. The lowest BCUT2D eigenvalue weighted by atomic mass is 10.0. The minimum absolute atomic E-state index is 0.0515. The Kier molecular flexibility index (Phi) is 3.56. The third kappa shape index (κ3) is 3.02. The second kappa shape index (κ2) is 5.52. The van der Waals surface area contributed by atoms with Gasteiger partial charge in [-0.2, -0.15) is 0 Å². The van der Waals surface area contributed by atoms with Crippen LogP contribution in [-0.4, -0.2) is 10.9 Å². The zero-order valence-electron chi connectivity index (χ0n) is 11.7. The molecule has 2 N–H and O–H groups in total. The number of aromatic nitrogens is 1. The first kappa shape index (κ1) is 13.5. The van der Waals surface area contributed by atoms with Crippen LogP contribution in [0.3, 0.4) is 0 Å². The summed E-state index contributed by atoms with van der Waals surface area (Å²) in [6, 6.07) is 7.25. The molecule has 0 saturated heterocycles. The Morgan fingerprint density at radius 3 is 2.95 bits per heavy atom. The predicted molar refractivity (Wildman–Crippen MR) is 79.6 cm³/mol. The molecule has 1 atom stereocenters. The van der Waals surface area contributed by atoms with Crippen LogP contribution in [0, 0.1) is 5.82 Å². The van der Waals surface area contributed by atoms with E-state index in [0.717, 1.165) is 28.9 Å². The highest BCUT2D eigenvalue weighted by molar-refractivity contribution is 5.94. The molecule has 0 fully saturated rings. The van der Waals surface area contributed by atoms with E-state index in [1.54, 1.807) is 6.20 Å². The summed E-state index contributed by atoms with van der Waals surface area (Å²) in [5, 5.41) is 6.18. The molecule has 0 radical (unpaired) electrons. The van der Waals surface area contributed by atoms with E-state index >= 15 is 0 Å². The Balaban J connectivity index is 1.77. The van der Waals surface area contributed by atoms with E-state index < -0.39 is 0 Å². The zero-order valence-corrected chi connectivity index (χ0v) is 11.7. The van der Waals surface area contributed by atoms with Crippen LogP contribution in [0.25, 0.3) is 0 Å². The number of pyridine rings is 1. The maximum Gasteiger partial charge on any atom is 0.224 e. The number of nitrogens with zero attached hydrogens (tertiary/aromatic N) is 1. The minimum Gasteiger partial charge on any atom is -0.378 e. The topological polar surface area (TPSA) is 54.0 Å². The van der Waals surface area contributed by atoms with Crippen molar-refractivity contribution in [1.82, 2.24) is 4.98 Å². The number of halogens is 1. The summed E-state index contributed by atoms with van der Waals surface area (Å²) in [4.78, 5) is 15.2. The number of benzene rings is 1. The van der Waals surface area contributed by atoms with Crippen molar-refractivity contribution in [2.24, 2.45) is 0 Å². The van der Waals surface area contributed by atoms with Crippen LogP contribution in [-0.2, 0) is 11.2 Å². The van der Waals surface area contributed by atoms with Crippen molar-refractivity contribution >= 4 is 17.3 Å². The van der Waals surface area contributed by atoms with Crippen LogP contribution in [0.1, 0.15) is 30.5 Å². The summed E-state index contributed by atoms with van der Waals surface area (Å²) < 4.78 is 13.2. The number of aryl methyl sites for hydroxylation is 1. The van der Waals surface area contributed by atoms with Crippen LogP contribution in [0.5, 0.6) is 0 Å². The molecule has 5 heteroatoms. The fraction of sp³-hybridized carbons (Fsp3) is 0.250. The molecule has 1 unspecified atom stereocenters. The fourth-order valence-electron chi connectivity index (χ4n) is 2.47. The SMILES string of the molecule is CC(Nc1ccc2c(c1)CCC(=O)N2)c1cncc(F)c1. The van der Waals surface area contributed by atoms with E-state index in [2.05, 4.69) is 15.6 Å². The average Bonchev–Trinajstić information content (AvgIpc) is 2.47. The lowest BCUT2D eigenvalue weighted by molar-refractivity contribution is -0.116. The van der Waals surface area contributed by atoms with Crippen molar-refractivity contribution in [2.45, 2.75) is 25.8 Å². The van der Waals surface area contributed by atoms with Gasteiger partial charge in [0.25, 0.3) is 0 Å². The maximum atomic E-state index is 13.2. The number of fused-ring (bicyclic) bond motifs is 1. The molecule has 0 bridgehead atoms. The van der Waals surface area contributed by atoms with Crippen molar-refractivity contribution in [3.63, 3.8) is 0 Å². The van der Waals surface area contributed by atoms with E-state index in [9.17, 15) is 9.18 Å². The Morgan fingerprint density at radius 2 is 2.14 bits per heavy atom. The number of nitrogens with one attached hydrogen (secondary N) is 2. The molecular weight excluding hydrogens is 269 g/mol. The largest absolute Gasteiger partial charge is 0.378 e. The van der Waals surface area contributed by atoms with Gasteiger partial charge in [-0.1, -0.05) is 0 Å². The summed E-state index contributed by atoms with van der Waals surface area (Å²) in [6.45, 7) is 1.96. The third-order valence-electron chi connectivity index (χ3n) is 3.61. The van der Waals surface area contributed by atoms with Crippen molar-refractivity contribution in [3.8, 4) is 0 Å². The molecule has 1 aromatic carbocycles. The van der Waals surface area contributed by atoms with Crippen LogP contribution < -0.4 is 10.6 Å². The van der Waals surface area contributed by atoms with Gasteiger partial charge in [0, 0.05) is 24.0 Å². The first-order valence-corrected chi connectivity index (χ1v) is 6.91. The lowest BCUT2D eigenvalue weighted by Crippen LogP contribution is -2.19. The number of anilines is 2. The van der Waals surface area contributed by atoms with Crippen molar-refractivity contribution < 1.29 is 9.18 Å². The van der Waals surface area contributed by atoms with E-state index in [1.165, 1.54) is 12.3 Å². The number of carbonyl (C=O) groups excluding carboxylic acids is 1. The molecule has 0 saturated carbocycles. The Hall–Kier alpha value is -2.43. The first-order chi connectivity index (χ1) is 10.1. The molecule has 108 valence electrons. The smallest absolute Gasteiger partial charge is 0.224 e. The van der Waals surface area contributed by atoms with Crippen LogP contribution in [0.4, 0.5) is 15.8 Å². The zero-order chi connectivity index (χ0) is 14.8. The molecule has 0 aliphatic carbocycles. The van der Waals surface area contributed by atoms with Gasteiger partial charge in [-0.25, -0.2) is 4.39 Å². The monoisotopic (exact) mass is 285 g/mol. The van der Waals surface area contributed by atoms with Gasteiger partial charge in [0.2, 0.25) is 5.91 Å². The van der Waals surface area contributed by atoms with Gasteiger partial charge in [-0.05, 0) is 48.7 Å². The van der Waals surface area contributed by atoms with Gasteiger partial charge in [-0.15, -0.1) is 0 Å². The van der Waals surface area contributed by atoms with Gasteiger partial charge < -0.3 is 10.6 Å². The normalized spacial score (nSPS) is 15.0. The molecule has 3 rings (SSSR count). The van der Waals surface area contributed by atoms with E-state index in [1.807, 2.05) is 25.1 Å². The molecule has 0 spiro atoms. The van der Waals surface area contributed by atoms with Crippen molar-refractivity contribution in [2.75, 3.05) is 10.6 Å². The molecule has 2 heterocycles. The average molecular weight is 285 g/mol. The number of rotatable bonds is 3. The van der Waals surface area contributed by atoms with Gasteiger partial charge in [0.15, 0.2) is 0 Å². The molecule has 1 amide bonds. The number of hydrogen-bond acceptors (Lipinski definition) is 3. The fourth-order valence-corrected chi connectivity index (χ4v) is 2.47. The molecule has 2 aromatic rings. The second-order valence-electron chi connectivity index (χ2n) is 5.22. The van der Waals surface area contributed by atoms with E-state index in [4.69, 9.17) is 0 Å². The van der Waals surface area contributed by atoms with Crippen molar-refractivity contribution in [3.05, 3.63) is 53.6 Å². The van der Waals surface area contributed by atoms with Gasteiger partial charge in [0.05, 0.1) is 12.2 Å². The molecule has 1 aliphatic heterocycles. The molecule has 1 aliphatic rings. The number of amides is 1. The summed E-state index contributed by atoms with van der Waals surface area (Å²) in [5.41, 5.74) is 3.73. The van der Waals surface area contributed by atoms with Gasteiger partial charge in [-0.3, -0.25) is 9.78 Å². The van der Waals surface area contributed by atoms with Gasteiger partial charge >= 0.3 is 0 Å². The Morgan fingerprint density at radius 1 is 1.29 bits per heavy atom. The summed E-state index contributed by atoms with van der Waals surface area (Å²) >= 11 is 0. The highest BCUT2D eigenvalue weighted by Crippen LogP contribution is 2.27. The molecule has 1 aromatic heterocycles. The molecular formula is C16H16FN3O. The molecule has 4 nitrogen and oxygen atoms in total. The second-order valence-corrected chi connectivity index (χ2v) is 5.22. The highest BCUT2D eigenvalue weighted by Gasteiger charge is 2.15. The molecule has 21 heavy (non-hydrogen) atoms. The number of hydrogen-bond donors (Lipinski definition) is 2. The quantitative estimate of drug-likeness (QED) is 0.910. The van der Waals surface area contributed by atoms with Crippen LogP contribution >= 0.6 is 0 Å². The Labute approximate surface area is 122 Å². The Bertz CT molecular complexity index is 687. The third-order valence-corrected chi connectivity index (χ3v) is 3.61.